The lowest BCUT2D eigenvalue weighted by atomic mass is 9.99. The summed E-state index contributed by atoms with van der Waals surface area (Å²) in [6.07, 6.45) is -0.758. The summed E-state index contributed by atoms with van der Waals surface area (Å²) in [5, 5.41) is 11.3. The number of aliphatic hydroxyl groups is 1. The molecule has 106 valence electrons. The summed E-state index contributed by atoms with van der Waals surface area (Å²) < 4.78 is 13.5. The Balaban J connectivity index is 2.34. The number of hydrogen-bond acceptors (Lipinski definition) is 2. The van der Waals surface area contributed by atoms with Gasteiger partial charge < -0.3 is 5.11 Å². The third kappa shape index (κ3) is 2.62. The van der Waals surface area contributed by atoms with Crippen LogP contribution < -0.4 is 0 Å². The smallest absolute Gasteiger partial charge is 0.123 e. The highest BCUT2D eigenvalue weighted by atomic mass is 35.5. The molecule has 2 aromatic carbocycles. The molecule has 0 saturated carbocycles. The molecule has 1 atom stereocenters. The molecular formula is C17H13ClFNO. The van der Waals surface area contributed by atoms with Crippen molar-refractivity contribution in [1.29, 1.82) is 0 Å². The van der Waals surface area contributed by atoms with Gasteiger partial charge in [0.15, 0.2) is 0 Å². The van der Waals surface area contributed by atoms with Crippen LogP contribution in [0, 0.1) is 5.82 Å². The first-order valence-corrected chi connectivity index (χ1v) is 6.97. The molecule has 0 bridgehead atoms. The van der Waals surface area contributed by atoms with Crippen molar-refractivity contribution in [3.05, 3.63) is 65.1 Å². The Labute approximate surface area is 126 Å². The molecule has 0 saturated heterocycles. The number of rotatable bonds is 2. The summed E-state index contributed by atoms with van der Waals surface area (Å²) in [5.74, 6) is -0.330. The molecule has 0 aliphatic rings. The molecular weight excluding hydrogens is 289 g/mol. The van der Waals surface area contributed by atoms with E-state index in [9.17, 15) is 9.50 Å². The van der Waals surface area contributed by atoms with Gasteiger partial charge in [0.1, 0.15) is 5.82 Å². The Morgan fingerprint density at radius 3 is 2.62 bits per heavy atom. The van der Waals surface area contributed by atoms with E-state index in [-0.39, 0.29) is 5.82 Å². The van der Waals surface area contributed by atoms with Gasteiger partial charge in [0.25, 0.3) is 0 Å². The summed E-state index contributed by atoms with van der Waals surface area (Å²) in [6, 6.07) is 13.5. The van der Waals surface area contributed by atoms with Crippen LogP contribution in [0.4, 0.5) is 4.39 Å². The molecule has 1 heterocycles. The quantitative estimate of drug-likeness (QED) is 0.741. The van der Waals surface area contributed by atoms with Crippen molar-refractivity contribution in [3.63, 3.8) is 0 Å². The molecule has 0 spiro atoms. The average molecular weight is 302 g/mol. The van der Waals surface area contributed by atoms with E-state index in [4.69, 9.17) is 11.6 Å². The first kappa shape index (κ1) is 14.0. The number of pyridine rings is 1. The van der Waals surface area contributed by atoms with Gasteiger partial charge in [-0.05, 0) is 42.8 Å². The second-order valence-electron chi connectivity index (χ2n) is 4.91. The highest BCUT2D eigenvalue weighted by Crippen LogP contribution is 2.33. The summed E-state index contributed by atoms with van der Waals surface area (Å²) in [6.45, 7) is 1.64. The molecule has 2 nitrogen and oxygen atoms in total. The number of hydrogen-bond donors (Lipinski definition) is 1. The monoisotopic (exact) mass is 301 g/mol. The third-order valence-electron chi connectivity index (χ3n) is 3.37. The lowest BCUT2D eigenvalue weighted by molar-refractivity contribution is 0.195. The van der Waals surface area contributed by atoms with E-state index in [1.165, 1.54) is 12.1 Å². The van der Waals surface area contributed by atoms with E-state index in [1.54, 1.807) is 25.1 Å². The minimum absolute atomic E-state index is 0.330. The molecule has 1 N–H and O–H groups in total. The van der Waals surface area contributed by atoms with Crippen LogP contribution in [-0.4, -0.2) is 10.1 Å². The Hall–Kier alpha value is -1.97. The van der Waals surface area contributed by atoms with Gasteiger partial charge in [-0.25, -0.2) is 9.37 Å². The fourth-order valence-electron chi connectivity index (χ4n) is 2.38. The van der Waals surface area contributed by atoms with Gasteiger partial charge in [0.2, 0.25) is 0 Å². The van der Waals surface area contributed by atoms with E-state index in [0.717, 1.165) is 5.39 Å². The zero-order valence-electron chi connectivity index (χ0n) is 11.3. The van der Waals surface area contributed by atoms with Crippen molar-refractivity contribution in [1.82, 2.24) is 4.98 Å². The highest BCUT2D eigenvalue weighted by molar-refractivity contribution is 6.35. The van der Waals surface area contributed by atoms with Crippen LogP contribution >= 0.6 is 11.6 Å². The molecule has 0 fully saturated rings. The molecule has 3 aromatic rings. The van der Waals surface area contributed by atoms with Crippen LogP contribution in [0.5, 0.6) is 0 Å². The van der Waals surface area contributed by atoms with Crippen molar-refractivity contribution in [3.8, 4) is 11.1 Å². The standard InChI is InChI=1S/C17H13ClFNO/c1-10(21)17-13(11-4-2-5-12(19)8-11)9-14-15(18)6-3-7-16(14)20-17/h2-10,21H,1H3. The number of benzene rings is 2. The first-order valence-electron chi connectivity index (χ1n) is 6.59. The molecule has 21 heavy (non-hydrogen) atoms. The molecule has 1 unspecified atom stereocenters. The van der Waals surface area contributed by atoms with Gasteiger partial charge in [-0.15, -0.1) is 0 Å². The predicted molar refractivity (Wildman–Crippen MR) is 82.8 cm³/mol. The number of fused-ring (bicyclic) bond motifs is 1. The first-order chi connectivity index (χ1) is 10.1. The van der Waals surface area contributed by atoms with E-state index in [2.05, 4.69) is 4.98 Å². The highest BCUT2D eigenvalue weighted by Gasteiger charge is 2.15. The average Bonchev–Trinajstić information content (AvgIpc) is 2.46. The van der Waals surface area contributed by atoms with E-state index in [0.29, 0.717) is 27.4 Å². The summed E-state index contributed by atoms with van der Waals surface area (Å²) in [5.41, 5.74) is 2.57. The Kier molecular flexibility index (Phi) is 3.62. The van der Waals surface area contributed by atoms with Crippen molar-refractivity contribution >= 4 is 22.5 Å². The summed E-state index contributed by atoms with van der Waals surface area (Å²) in [4.78, 5) is 4.48. The number of aromatic nitrogens is 1. The van der Waals surface area contributed by atoms with Crippen molar-refractivity contribution in [2.45, 2.75) is 13.0 Å². The van der Waals surface area contributed by atoms with Crippen LogP contribution in [0.3, 0.4) is 0 Å². The van der Waals surface area contributed by atoms with Gasteiger partial charge in [0.05, 0.1) is 17.3 Å². The largest absolute Gasteiger partial charge is 0.387 e. The summed E-state index contributed by atoms with van der Waals surface area (Å²) >= 11 is 6.20. The lowest BCUT2D eigenvalue weighted by Gasteiger charge is -2.13. The molecule has 0 amide bonds. The maximum Gasteiger partial charge on any atom is 0.123 e. The van der Waals surface area contributed by atoms with E-state index < -0.39 is 6.10 Å². The molecule has 0 radical (unpaired) electrons. The third-order valence-corrected chi connectivity index (χ3v) is 3.70. The fourth-order valence-corrected chi connectivity index (χ4v) is 2.60. The number of nitrogens with zero attached hydrogens (tertiary/aromatic N) is 1. The van der Waals surface area contributed by atoms with Crippen LogP contribution in [-0.2, 0) is 0 Å². The topological polar surface area (TPSA) is 33.1 Å². The summed E-state index contributed by atoms with van der Waals surface area (Å²) in [7, 11) is 0. The molecule has 4 heteroatoms. The minimum Gasteiger partial charge on any atom is -0.387 e. The van der Waals surface area contributed by atoms with Crippen molar-refractivity contribution in [2.75, 3.05) is 0 Å². The van der Waals surface area contributed by atoms with Crippen LogP contribution in [0.25, 0.3) is 22.0 Å². The van der Waals surface area contributed by atoms with Gasteiger partial charge in [-0.2, -0.15) is 0 Å². The molecule has 0 aliphatic heterocycles. The van der Waals surface area contributed by atoms with Gasteiger partial charge in [0, 0.05) is 16.0 Å². The Morgan fingerprint density at radius 2 is 1.90 bits per heavy atom. The lowest BCUT2D eigenvalue weighted by Crippen LogP contribution is -2.00. The minimum atomic E-state index is -0.758. The predicted octanol–water partition coefficient (Wildman–Crippen LogP) is 4.75. The Morgan fingerprint density at radius 1 is 1.14 bits per heavy atom. The van der Waals surface area contributed by atoms with E-state index in [1.807, 2.05) is 18.2 Å². The van der Waals surface area contributed by atoms with Crippen LogP contribution in [0.15, 0.2) is 48.5 Å². The van der Waals surface area contributed by atoms with Crippen molar-refractivity contribution < 1.29 is 9.50 Å². The molecule has 1 aromatic heterocycles. The number of halogens is 2. The van der Waals surface area contributed by atoms with Gasteiger partial charge in [-0.3, -0.25) is 0 Å². The second-order valence-corrected chi connectivity index (χ2v) is 5.32. The fraction of sp³-hybridized carbons (Fsp3) is 0.118. The zero-order chi connectivity index (χ0) is 15.0. The SMILES string of the molecule is CC(O)c1nc2cccc(Cl)c2cc1-c1cccc(F)c1. The van der Waals surface area contributed by atoms with Crippen LogP contribution in [0.1, 0.15) is 18.7 Å². The van der Waals surface area contributed by atoms with Gasteiger partial charge >= 0.3 is 0 Å². The second kappa shape index (κ2) is 5.43. The molecule has 3 rings (SSSR count). The zero-order valence-corrected chi connectivity index (χ0v) is 12.1. The molecule has 0 aliphatic carbocycles. The maximum atomic E-state index is 13.5. The maximum absolute atomic E-state index is 13.5. The normalized spacial score (nSPS) is 12.6. The van der Waals surface area contributed by atoms with Crippen molar-refractivity contribution in [2.24, 2.45) is 0 Å². The van der Waals surface area contributed by atoms with E-state index >= 15 is 0 Å². The Bertz CT molecular complexity index is 817. The van der Waals surface area contributed by atoms with Gasteiger partial charge in [-0.1, -0.05) is 29.8 Å². The number of aliphatic hydroxyl groups excluding tert-OH is 1. The van der Waals surface area contributed by atoms with Crippen LogP contribution in [0.2, 0.25) is 5.02 Å².